The number of pyridine rings is 1. The van der Waals surface area contributed by atoms with Crippen LogP contribution in [0.5, 0.6) is 0 Å². The standard InChI is InChI=1S/C15H19ClN6/c1-11(12-4-2-3-5-18-12)21-6-8-22(9-7-21)15-13(16)14(17)19-10-20-15/h2-5,10-11H,6-9H2,1H3,(H2,17,19,20)/t11-/m0/s1. The average molecular weight is 319 g/mol. The van der Waals surface area contributed by atoms with Crippen LogP contribution in [0.2, 0.25) is 5.02 Å². The van der Waals surface area contributed by atoms with Gasteiger partial charge in [0.15, 0.2) is 5.82 Å². The summed E-state index contributed by atoms with van der Waals surface area (Å²) in [4.78, 5) is 17.2. The van der Waals surface area contributed by atoms with Crippen molar-refractivity contribution in [2.45, 2.75) is 13.0 Å². The van der Waals surface area contributed by atoms with Crippen LogP contribution in [-0.4, -0.2) is 46.0 Å². The van der Waals surface area contributed by atoms with E-state index in [1.807, 2.05) is 18.3 Å². The predicted octanol–water partition coefficient (Wildman–Crippen LogP) is 1.99. The molecular formula is C15H19ClN6. The highest BCUT2D eigenvalue weighted by molar-refractivity contribution is 6.35. The Kier molecular flexibility index (Phi) is 4.40. The van der Waals surface area contributed by atoms with Gasteiger partial charge in [-0.3, -0.25) is 9.88 Å². The SMILES string of the molecule is C[C@@H](c1ccccn1)N1CCN(c2ncnc(N)c2Cl)CC1. The van der Waals surface area contributed by atoms with E-state index < -0.39 is 0 Å². The lowest BCUT2D eigenvalue weighted by atomic mass is 10.1. The summed E-state index contributed by atoms with van der Waals surface area (Å²) in [6.07, 6.45) is 3.30. The second-order valence-corrected chi connectivity index (χ2v) is 5.73. The van der Waals surface area contributed by atoms with Gasteiger partial charge >= 0.3 is 0 Å². The fourth-order valence-electron chi connectivity index (χ4n) is 2.73. The molecule has 22 heavy (non-hydrogen) atoms. The number of rotatable bonds is 3. The third-order valence-corrected chi connectivity index (χ3v) is 4.44. The van der Waals surface area contributed by atoms with Gasteiger partial charge in [0, 0.05) is 38.4 Å². The number of piperazine rings is 1. The van der Waals surface area contributed by atoms with Gasteiger partial charge in [-0.05, 0) is 19.1 Å². The summed E-state index contributed by atoms with van der Waals surface area (Å²) >= 11 is 6.21. The highest BCUT2D eigenvalue weighted by atomic mass is 35.5. The van der Waals surface area contributed by atoms with E-state index in [1.165, 1.54) is 6.33 Å². The van der Waals surface area contributed by atoms with Gasteiger partial charge in [0.2, 0.25) is 0 Å². The summed E-state index contributed by atoms with van der Waals surface area (Å²) < 4.78 is 0. The summed E-state index contributed by atoms with van der Waals surface area (Å²) in [7, 11) is 0. The molecule has 1 atom stereocenters. The second-order valence-electron chi connectivity index (χ2n) is 5.35. The van der Waals surface area contributed by atoms with E-state index in [1.54, 1.807) is 0 Å². The molecule has 7 heteroatoms. The van der Waals surface area contributed by atoms with Gasteiger partial charge in [0.05, 0.1) is 5.69 Å². The van der Waals surface area contributed by atoms with E-state index in [2.05, 4.69) is 37.7 Å². The van der Waals surface area contributed by atoms with Crippen molar-refractivity contribution >= 4 is 23.2 Å². The topological polar surface area (TPSA) is 71.2 Å². The molecule has 0 aromatic carbocycles. The molecule has 0 unspecified atom stereocenters. The maximum Gasteiger partial charge on any atom is 0.153 e. The Labute approximate surface area is 134 Å². The van der Waals surface area contributed by atoms with Gasteiger partial charge in [-0.15, -0.1) is 0 Å². The molecule has 3 heterocycles. The van der Waals surface area contributed by atoms with Crippen molar-refractivity contribution in [1.29, 1.82) is 0 Å². The van der Waals surface area contributed by atoms with Crippen LogP contribution < -0.4 is 10.6 Å². The van der Waals surface area contributed by atoms with Gasteiger partial charge < -0.3 is 10.6 Å². The molecule has 2 aromatic rings. The van der Waals surface area contributed by atoms with Gasteiger partial charge in [0.1, 0.15) is 17.2 Å². The van der Waals surface area contributed by atoms with Crippen molar-refractivity contribution in [3.05, 3.63) is 41.4 Å². The monoisotopic (exact) mass is 318 g/mol. The van der Waals surface area contributed by atoms with Crippen LogP contribution in [0.15, 0.2) is 30.7 Å². The Hall–Kier alpha value is -1.92. The predicted molar refractivity (Wildman–Crippen MR) is 87.9 cm³/mol. The van der Waals surface area contributed by atoms with Crippen LogP contribution >= 0.6 is 11.6 Å². The molecule has 0 bridgehead atoms. The molecule has 1 aliphatic heterocycles. The molecule has 0 amide bonds. The minimum absolute atomic E-state index is 0.300. The van der Waals surface area contributed by atoms with E-state index >= 15 is 0 Å². The summed E-state index contributed by atoms with van der Waals surface area (Å²) in [5, 5.41) is 0.439. The zero-order chi connectivity index (χ0) is 15.5. The van der Waals surface area contributed by atoms with Crippen molar-refractivity contribution in [3.8, 4) is 0 Å². The number of aromatic nitrogens is 3. The molecule has 6 nitrogen and oxygen atoms in total. The van der Waals surface area contributed by atoms with Crippen LogP contribution in [-0.2, 0) is 0 Å². The highest BCUT2D eigenvalue weighted by Crippen LogP contribution is 2.28. The minimum Gasteiger partial charge on any atom is -0.382 e. The van der Waals surface area contributed by atoms with Crippen LogP contribution in [0.3, 0.4) is 0 Å². The number of hydrogen-bond acceptors (Lipinski definition) is 6. The quantitative estimate of drug-likeness (QED) is 0.933. The maximum absolute atomic E-state index is 6.21. The van der Waals surface area contributed by atoms with E-state index in [9.17, 15) is 0 Å². The van der Waals surface area contributed by atoms with Gasteiger partial charge in [-0.2, -0.15) is 0 Å². The fourth-order valence-corrected chi connectivity index (χ4v) is 2.94. The van der Waals surface area contributed by atoms with Crippen molar-refractivity contribution in [2.24, 2.45) is 0 Å². The molecule has 1 fully saturated rings. The Morgan fingerprint density at radius 3 is 2.59 bits per heavy atom. The summed E-state index contributed by atoms with van der Waals surface area (Å²) in [5.41, 5.74) is 6.85. The molecule has 2 N–H and O–H groups in total. The minimum atomic E-state index is 0.300. The second kappa shape index (κ2) is 6.46. The van der Waals surface area contributed by atoms with Crippen LogP contribution in [0.25, 0.3) is 0 Å². The zero-order valence-electron chi connectivity index (χ0n) is 12.5. The van der Waals surface area contributed by atoms with Crippen molar-refractivity contribution in [3.63, 3.8) is 0 Å². The molecule has 0 saturated carbocycles. The number of hydrogen-bond donors (Lipinski definition) is 1. The Balaban J connectivity index is 1.66. The lowest BCUT2D eigenvalue weighted by Crippen LogP contribution is -2.47. The van der Waals surface area contributed by atoms with Crippen molar-refractivity contribution < 1.29 is 0 Å². The molecule has 3 rings (SSSR count). The molecule has 0 spiro atoms. The molecule has 0 radical (unpaired) electrons. The van der Waals surface area contributed by atoms with E-state index in [4.69, 9.17) is 17.3 Å². The Morgan fingerprint density at radius 1 is 1.14 bits per heavy atom. The van der Waals surface area contributed by atoms with Crippen molar-refractivity contribution in [2.75, 3.05) is 36.8 Å². The molecule has 2 aromatic heterocycles. The summed E-state index contributed by atoms with van der Waals surface area (Å²) in [5.74, 6) is 1.05. The first kappa shape index (κ1) is 15.0. The molecule has 0 aliphatic carbocycles. The number of halogens is 1. The maximum atomic E-state index is 6.21. The van der Waals surface area contributed by atoms with Crippen molar-refractivity contribution in [1.82, 2.24) is 19.9 Å². The average Bonchev–Trinajstić information content (AvgIpc) is 2.58. The molecular weight excluding hydrogens is 300 g/mol. The van der Waals surface area contributed by atoms with Crippen LogP contribution in [0.4, 0.5) is 11.6 Å². The smallest absolute Gasteiger partial charge is 0.153 e. The third kappa shape index (κ3) is 2.98. The summed E-state index contributed by atoms with van der Waals surface area (Å²) in [6, 6.07) is 6.34. The normalized spacial score (nSPS) is 17.5. The number of nitrogens with zero attached hydrogens (tertiary/aromatic N) is 5. The lowest BCUT2D eigenvalue weighted by molar-refractivity contribution is 0.195. The van der Waals surface area contributed by atoms with Gasteiger partial charge in [-0.25, -0.2) is 9.97 Å². The first-order chi connectivity index (χ1) is 10.7. The number of anilines is 2. The number of nitrogens with two attached hydrogens (primary N) is 1. The summed E-state index contributed by atoms with van der Waals surface area (Å²) in [6.45, 7) is 5.75. The zero-order valence-corrected chi connectivity index (χ0v) is 13.2. The number of nitrogen functional groups attached to an aromatic ring is 1. The Bertz CT molecular complexity index is 627. The van der Waals surface area contributed by atoms with E-state index in [-0.39, 0.29) is 0 Å². The van der Waals surface area contributed by atoms with E-state index in [0.717, 1.165) is 37.7 Å². The highest BCUT2D eigenvalue weighted by Gasteiger charge is 2.24. The van der Waals surface area contributed by atoms with Crippen LogP contribution in [0, 0.1) is 0 Å². The van der Waals surface area contributed by atoms with Crippen LogP contribution in [0.1, 0.15) is 18.7 Å². The molecule has 1 aliphatic rings. The molecule has 1 saturated heterocycles. The largest absolute Gasteiger partial charge is 0.382 e. The first-order valence-electron chi connectivity index (χ1n) is 7.32. The van der Waals surface area contributed by atoms with Gasteiger partial charge in [-0.1, -0.05) is 17.7 Å². The Morgan fingerprint density at radius 2 is 1.91 bits per heavy atom. The molecule has 116 valence electrons. The first-order valence-corrected chi connectivity index (χ1v) is 7.70. The third-order valence-electron chi connectivity index (χ3n) is 4.08. The van der Waals surface area contributed by atoms with E-state index in [0.29, 0.717) is 16.9 Å². The van der Waals surface area contributed by atoms with Gasteiger partial charge in [0.25, 0.3) is 0 Å². The fraction of sp³-hybridized carbons (Fsp3) is 0.400. The lowest BCUT2D eigenvalue weighted by Gasteiger charge is -2.38.